The van der Waals surface area contributed by atoms with E-state index >= 15 is 0 Å². The molecule has 4 N–H and O–H groups in total. The van der Waals surface area contributed by atoms with Crippen LogP contribution >= 0.6 is 0 Å². The van der Waals surface area contributed by atoms with Gasteiger partial charge in [-0.1, -0.05) is 18.2 Å². The molecular weight excluding hydrogens is 448 g/mol. The Labute approximate surface area is 191 Å². The Hall–Kier alpha value is -4.15. The fraction of sp³-hybridized carbons (Fsp3) is 0.208. The molecule has 176 valence electrons. The summed E-state index contributed by atoms with van der Waals surface area (Å²) in [6, 6.07) is 10.3. The molecule has 0 amide bonds. The van der Waals surface area contributed by atoms with Crippen LogP contribution in [0.5, 0.6) is 11.5 Å². The van der Waals surface area contributed by atoms with Gasteiger partial charge in [0.2, 0.25) is 5.76 Å². The van der Waals surface area contributed by atoms with Crippen molar-refractivity contribution < 1.29 is 43.9 Å². The SMILES string of the molecule is O=C(O)C1=CC(O)c2c(cccc2OCC(O)COc2cccc3oc(C(=O)O)cc(=O)c23)C1. The molecule has 10 nitrogen and oxygen atoms in total. The molecule has 1 aliphatic rings. The predicted molar refractivity (Wildman–Crippen MR) is 117 cm³/mol. The first-order chi connectivity index (χ1) is 16.2. The van der Waals surface area contributed by atoms with Gasteiger partial charge < -0.3 is 34.3 Å². The molecule has 4 rings (SSSR count). The van der Waals surface area contributed by atoms with Gasteiger partial charge in [0.25, 0.3) is 0 Å². The van der Waals surface area contributed by atoms with Gasteiger partial charge in [0, 0.05) is 23.6 Å². The number of aromatic carboxylic acids is 1. The number of fused-ring (bicyclic) bond motifs is 2. The highest BCUT2D eigenvalue weighted by Crippen LogP contribution is 2.35. The first-order valence-electron chi connectivity index (χ1n) is 10.2. The van der Waals surface area contributed by atoms with E-state index < -0.39 is 35.3 Å². The number of carboxylic acids is 2. The minimum Gasteiger partial charge on any atom is -0.490 e. The zero-order valence-electron chi connectivity index (χ0n) is 17.6. The summed E-state index contributed by atoms with van der Waals surface area (Å²) in [6.45, 7) is -0.457. The third kappa shape index (κ3) is 4.63. The molecule has 0 fully saturated rings. The van der Waals surface area contributed by atoms with Crippen LogP contribution in [0.25, 0.3) is 11.0 Å². The molecule has 0 spiro atoms. The number of aliphatic carboxylic acids is 1. The van der Waals surface area contributed by atoms with E-state index in [-0.39, 0.29) is 41.9 Å². The van der Waals surface area contributed by atoms with Crippen molar-refractivity contribution in [2.24, 2.45) is 0 Å². The van der Waals surface area contributed by atoms with Crippen LogP contribution in [-0.4, -0.2) is 51.7 Å². The minimum atomic E-state index is -1.37. The van der Waals surface area contributed by atoms with Crippen molar-refractivity contribution in [2.45, 2.75) is 18.6 Å². The first-order valence-corrected chi connectivity index (χ1v) is 10.2. The topological polar surface area (TPSA) is 164 Å². The van der Waals surface area contributed by atoms with E-state index in [2.05, 4.69) is 0 Å². The Morgan fingerprint density at radius 2 is 1.71 bits per heavy atom. The first kappa shape index (κ1) is 23.0. The molecule has 1 aliphatic carbocycles. The van der Waals surface area contributed by atoms with Gasteiger partial charge in [-0.25, -0.2) is 9.59 Å². The fourth-order valence-corrected chi connectivity index (χ4v) is 3.71. The minimum absolute atomic E-state index is 0.0341. The lowest BCUT2D eigenvalue weighted by molar-refractivity contribution is -0.132. The normalized spacial score (nSPS) is 15.8. The van der Waals surface area contributed by atoms with E-state index in [0.29, 0.717) is 16.9 Å². The standard InChI is InChI=1S/C24H20O10/c25-14(10-32-17-4-1-3-12-7-13(23(28)29)8-15(26)21(12)17)11-33-18-5-2-6-19-22(18)16(27)9-20(34-19)24(30)31/h1-6,8-9,14-15,25-26H,7,10-11H2,(H,28,29)(H,30,31). The van der Waals surface area contributed by atoms with Crippen molar-refractivity contribution in [3.8, 4) is 11.5 Å². The van der Waals surface area contributed by atoms with E-state index in [9.17, 15) is 29.7 Å². The highest BCUT2D eigenvalue weighted by Gasteiger charge is 2.25. The van der Waals surface area contributed by atoms with Crippen LogP contribution in [0.15, 0.2) is 63.3 Å². The van der Waals surface area contributed by atoms with Gasteiger partial charge in [-0.15, -0.1) is 0 Å². The largest absolute Gasteiger partial charge is 0.490 e. The zero-order chi connectivity index (χ0) is 24.4. The third-order valence-electron chi connectivity index (χ3n) is 5.26. The number of aliphatic hydroxyl groups is 2. The van der Waals surface area contributed by atoms with E-state index in [1.165, 1.54) is 24.3 Å². The number of carbonyl (C=O) groups is 2. The maximum atomic E-state index is 12.4. The number of ether oxygens (including phenoxy) is 2. The van der Waals surface area contributed by atoms with Crippen molar-refractivity contribution in [2.75, 3.05) is 13.2 Å². The predicted octanol–water partition coefficient (Wildman–Crippen LogP) is 1.91. The van der Waals surface area contributed by atoms with Crippen LogP contribution in [0.3, 0.4) is 0 Å². The quantitative estimate of drug-likeness (QED) is 0.384. The lowest BCUT2D eigenvalue weighted by Crippen LogP contribution is -2.26. The van der Waals surface area contributed by atoms with Crippen molar-refractivity contribution in [3.05, 3.63) is 81.2 Å². The van der Waals surface area contributed by atoms with Crippen molar-refractivity contribution in [3.63, 3.8) is 0 Å². The summed E-state index contributed by atoms with van der Waals surface area (Å²) in [6.07, 6.45) is -0.899. The highest BCUT2D eigenvalue weighted by molar-refractivity contribution is 5.89. The van der Waals surface area contributed by atoms with E-state index in [1.54, 1.807) is 18.2 Å². The van der Waals surface area contributed by atoms with E-state index in [4.69, 9.17) is 19.0 Å². The lowest BCUT2D eigenvalue weighted by atomic mass is 9.89. The summed E-state index contributed by atoms with van der Waals surface area (Å²) < 4.78 is 16.4. The summed E-state index contributed by atoms with van der Waals surface area (Å²) in [5.74, 6) is -2.56. The number of hydrogen-bond acceptors (Lipinski definition) is 8. The number of benzene rings is 2. The van der Waals surface area contributed by atoms with Gasteiger partial charge in [-0.3, -0.25) is 4.79 Å². The summed E-state index contributed by atoms with van der Waals surface area (Å²) in [5.41, 5.74) is 0.562. The van der Waals surface area contributed by atoms with Crippen LogP contribution in [-0.2, 0) is 11.2 Å². The molecule has 1 aromatic heterocycles. The molecular formula is C24H20O10. The van der Waals surface area contributed by atoms with E-state index in [1.807, 2.05) is 0 Å². The van der Waals surface area contributed by atoms with Crippen LogP contribution < -0.4 is 14.9 Å². The Bertz CT molecular complexity index is 1350. The molecule has 2 unspecified atom stereocenters. The van der Waals surface area contributed by atoms with Gasteiger partial charge in [0.1, 0.15) is 47.9 Å². The molecule has 1 heterocycles. The average molecular weight is 468 g/mol. The van der Waals surface area contributed by atoms with Gasteiger partial charge >= 0.3 is 11.9 Å². The van der Waals surface area contributed by atoms with E-state index in [0.717, 1.165) is 6.07 Å². The zero-order valence-corrected chi connectivity index (χ0v) is 17.6. The van der Waals surface area contributed by atoms with Crippen LogP contribution in [0.1, 0.15) is 27.8 Å². The number of rotatable bonds is 8. The van der Waals surface area contributed by atoms with Crippen LogP contribution in [0.4, 0.5) is 0 Å². The van der Waals surface area contributed by atoms with Crippen LogP contribution in [0, 0.1) is 0 Å². The highest BCUT2D eigenvalue weighted by atomic mass is 16.5. The monoisotopic (exact) mass is 468 g/mol. The van der Waals surface area contributed by atoms with Gasteiger partial charge in [-0.2, -0.15) is 0 Å². The maximum Gasteiger partial charge on any atom is 0.371 e. The Kier molecular flexibility index (Phi) is 6.35. The molecule has 34 heavy (non-hydrogen) atoms. The second kappa shape index (κ2) is 9.38. The van der Waals surface area contributed by atoms with Gasteiger partial charge in [0.05, 0.1) is 0 Å². The summed E-state index contributed by atoms with van der Waals surface area (Å²) in [5, 5.41) is 39.0. The molecule has 0 bridgehead atoms. The van der Waals surface area contributed by atoms with Gasteiger partial charge in [-0.05, 0) is 29.8 Å². The Morgan fingerprint density at radius 3 is 2.41 bits per heavy atom. The summed E-state index contributed by atoms with van der Waals surface area (Å²) >= 11 is 0. The lowest BCUT2D eigenvalue weighted by Gasteiger charge is -2.23. The second-order valence-electron chi connectivity index (χ2n) is 7.63. The smallest absolute Gasteiger partial charge is 0.371 e. The van der Waals surface area contributed by atoms with Crippen molar-refractivity contribution in [1.82, 2.24) is 0 Å². The molecule has 2 atom stereocenters. The molecule has 0 saturated heterocycles. The summed E-state index contributed by atoms with van der Waals surface area (Å²) in [4.78, 5) is 34.7. The third-order valence-corrected chi connectivity index (χ3v) is 5.26. The number of carboxylic acid groups (broad SMARTS) is 2. The van der Waals surface area contributed by atoms with Gasteiger partial charge in [0.15, 0.2) is 5.43 Å². The van der Waals surface area contributed by atoms with Crippen molar-refractivity contribution in [1.29, 1.82) is 0 Å². The number of hydrogen-bond donors (Lipinski definition) is 4. The molecule has 2 aromatic carbocycles. The molecule has 0 radical (unpaired) electrons. The molecule has 0 saturated carbocycles. The molecule has 3 aromatic rings. The van der Waals surface area contributed by atoms with Crippen LogP contribution in [0.2, 0.25) is 0 Å². The second-order valence-corrected chi connectivity index (χ2v) is 7.63. The number of aliphatic hydroxyl groups excluding tert-OH is 2. The average Bonchev–Trinajstić information content (AvgIpc) is 2.80. The Morgan fingerprint density at radius 1 is 1.03 bits per heavy atom. The maximum absolute atomic E-state index is 12.4. The van der Waals surface area contributed by atoms with Crippen molar-refractivity contribution >= 4 is 22.9 Å². The molecule has 10 heteroatoms. The fourth-order valence-electron chi connectivity index (χ4n) is 3.71. The summed E-state index contributed by atoms with van der Waals surface area (Å²) in [7, 11) is 0. The molecule has 0 aliphatic heterocycles. The Balaban J connectivity index is 1.44.